The van der Waals surface area contributed by atoms with Crippen molar-refractivity contribution < 1.29 is 9.84 Å². The third-order valence-corrected chi connectivity index (χ3v) is 3.69. The number of rotatable bonds is 2. The van der Waals surface area contributed by atoms with Crippen LogP contribution in [0.5, 0.6) is 5.75 Å². The van der Waals surface area contributed by atoms with Gasteiger partial charge in [-0.05, 0) is 37.2 Å². The number of benzene rings is 1. The maximum atomic E-state index is 11.5. The summed E-state index contributed by atoms with van der Waals surface area (Å²) >= 11 is 0. The molecule has 0 aromatic heterocycles. The van der Waals surface area contributed by atoms with E-state index >= 15 is 0 Å². The van der Waals surface area contributed by atoms with Crippen LogP contribution in [-0.2, 0) is 5.11 Å². The van der Waals surface area contributed by atoms with E-state index in [1.165, 1.54) is 0 Å². The van der Waals surface area contributed by atoms with Crippen LogP contribution in [0.25, 0.3) is 0 Å². The Bertz CT molecular complexity index is 334. The van der Waals surface area contributed by atoms with Gasteiger partial charge in [0.25, 0.3) is 0 Å². The number of hydrogen-bond donors (Lipinski definition) is 0. The van der Waals surface area contributed by atoms with Crippen LogP contribution in [0.3, 0.4) is 0 Å². The van der Waals surface area contributed by atoms with Crippen LogP contribution in [-0.4, -0.2) is 12.2 Å². The molecule has 2 aliphatic rings. The van der Waals surface area contributed by atoms with Gasteiger partial charge in [-0.1, -0.05) is 18.2 Å². The second kappa shape index (κ2) is 3.53. The zero-order valence-corrected chi connectivity index (χ0v) is 8.56. The SMILES string of the molecule is [O]C1CC2CC1CC2Oc1[c]cccc1. The average molecular weight is 202 g/mol. The number of hydrogen-bond acceptors (Lipinski definition) is 1. The van der Waals surface area contributed by atoms with Crippen LogP contribution in [0.1, 0.15) is 19.3 Å². The standard InChI is InChI=1S/C13H14O2/c14-12-7-10-6-9(12)8-13(10)15-11-4-2-1-3-5-11/h1-4,9-10,12-13H,6-8H2. The fourth-order valence-electron chi connectivity index (χ4n) is 2.93. The third kappa shape index (κ3) is 1.63. The first-order valence-corrected chi connectivity index (χ1v) is 5.62. The molecule has 1 aromatic rings. The molecule has 4 atom stereocenters. The van der Waals surface area contributed by atoms with Crippen LogP contribution < -0.4 is 4.74 Å². The van der Waals surface area contributed by atoms with Crippen LogP contribution in [0, 0.1) is 17.9 Å². The number of ether oxygens (including phenoxy) is 1. The monoisotopic (exact) mass is 202 g/mol. The highest BCUT2D eigenvalue weighted by atomic mass is 16.5. The van der Waals surface area contributed by atoms with E-state index < -0.39 is 0 Å². The Morgan fingerprint density at radius 2 is 2.13 bits per heavy atom. The molecule has 4 unspecified atom stereocenters. The molecule has 1 aromatic carbocycles. The summed E-state index contributed by atoms with van der Waals surface area (Å²) < 4.78 is 5.86. The molecule has 2 radical (unpaired) electrons. The van der Waals surface area contributed by atoms with Gasteiger partial charge >= 0.3 is 0 Å². The molecule has 2 fully saturated rings. The highest BCUT2D eigenvalue weighted by Gasteiger charge is 2.47. The molecule has 2 saturated carbocycles. The molecule has 2 heteroatoms. The van der Waals surface area contributed by atoms with Crippen molar-refractivity contribution in [3.8, 4) is 5.75 Å². The summed E-state index contributed by atoms with van der Waals surface area (Å²) in [6, 6.07) is 10.7. The van der Waals surface area contributed by atoms with Gasteiger partial charge in [0.1, 0.15) is 11.9 Å². The van der Waals surface area contributed by atoms with Crippen molar-refractivity contribution >= 4 is 0 Å². The van der Waals surface area contributed by atoms with E-state index in [1.54, 1.807) is 0 Å². The average Bonchev–Trinajstić information content (AvgIpc) is 2.78. The first-order valence-electron chi connectivity index (χ1n) is 5.62. The second-order valence-electron chi connectivity index (χ2n) is 4.65. The van der Waals surface area contributed by atoms with Gasteiger partial charge < -0.3 is 4.74 Å². The first-order chi connectivity index (χ1) is 7.33. The van der Waals surface area contributed by atoms with Crippen molar-refractivity contribution in [2.45, 2.75) is 31.5 Å². The molecule has 0 heterocycles. The molecule has 0 spiro atoms. The Morgan fingerprint density at radius 1 is 1.20 bits per heavy atom. The summed E-state index contributed by atoms with van der Waals surface area (Å²) in [5.41, 5.74) is 0. The highest BCUT2D eigenvalue weighted by Crippen LogP contribution is 2.46. The number of para-hydroxylation sites is 1. The summed E-state index contributed by atoms with van der Waals surface area (Å²) in [4.78, 5) is 0. The van der Waals surface area contributed by atoms with E-state index in [2.05, 4.69) is 6.07 Å². The molecular weight excluding hydrogens is 188 g/mol. The van der Waals surface area contributed by atoms with E-state index in [4.69, 9.17) is 4.74 Å². The normalized spacial score (nSPS) is 38.2. The zero-order chi connectivity index (χ0) is 10.3. The largest absolute Gasteiger partial charge is 0.489 e. The van der Waals surface area contributed by atoms with Crippen LogP contribution >= 0.6 is 0 Å². The molecule has 2 aliphatic carbocycles. The quantitative estimate of drug-likeness (QED) is 0.724. The van der Waals surface area contributed by atoms with Gasteiger partial charge in [-0.2, -0.15) is 0 Å². The molecule has 2 bridgehead atoms. The Morgan fingerprint density at radius 3 is 2.73 bits per heavy atom. The molecule has 3 rings (SSSR count). The van der Waals surface area contributed by atoms with E-state index in [9.17, 15) is 5.11 Å². The van der Waals surface area contributed by atoms with Crippen molar-refractivity contribution in [2.24, 2.45) is 11.8 Å². The minimum absolute atomic E-state index is 0.263. The lowest BCUT2D eigenvalue weighted by molar-refractivity contribution is 0.0109. The minimum atomic E-state index is -0.324. The predicted octanol–water partition coefficient (Wildman–Crippen LogP) is 2.46. The fraction of sp³-hybridized carbons (Fsp3) is 0.538. The number of fused-ring (bicyclic) bond motifs is 2. The Balaban J connectivity index is 1.67. The maximum absolute atomic E-state index is 11.5. The van der Waals surface area contributed by atoms with E-state index in [0.717, 1.165) is 25.0 Å². The lowest BCUT2D eigenvalue weighted by Gasteiger charge is -2.24. The Kier molecular flexibility index (Phi) is 2.17. The first kappa shape index (κ1) is 9.22. The van der Waals surface area contributed by atoms with E-state index in [0.29, 0.717) is 11.8 Å². The van der Waals surface area contributed by atoms with Gasteiger partial charge in [-0.3, -0.25) is 0 Å². The lowest BCUT2D eigenvalue weighted by atomic mass is 9.95. The van der Waals surface area contributed by atoms with Crippen molar-refractivity contribution in [2.75, 3.05) is 0 Å². The van der Waals surface area contributed by atoms with E-state index in [-0.39, 0.29) is 12.2 Å². The van der Waals surface area contributed by atoms with Crippen LogP contribution in [0.2, 0.25) is 0 Å². The van der Waals surface area contributed by atoms with Gasteiger partial charge in [-0.25, -0.2) is 5.11 Å². The van der Waals surface area contributed by atoms with Crippen LogP contribution in [0.4, 0.5) is 0 Å². The van der Waals surface area contributed by atoms with Crippen molar-refractivity contribution in [3.63, 3.8) is 0 Å². The van der Waals surface area contributed by atoms with Gasteiger partial charge in [-0.15, -0.1) is 0 Å². The highest BCUT2D eigenvalue weighted by molar-refractivity contribution is 5.20. The van der Waals surface area contributed by atoms with Gasteiger partial charge in [0.05, 0.1) is 6.10 Å². The summed E-state index contributed by atoms with van der Waals surface area (Å²) in [6.07, 6.45) is 2.77. The van der Waals surface area contributed by atoms with Crippen molar-refractivity contribution in [3.05, 3.63) is 30.3 Å². The topological polar surface area (TPSA) is 29.1 Å². The summed E-state index contributed by atoms with van der Waals surface area (Å²) in [5.74, 6) is 1.67. The van der Waals surface area contributed by atoms with Crippen molar-refractivity contribution in [1.82, 2.24) is 0 Å². The Hall–Kier alpha value is -1.02. The minimum Gasteiger partial charge on any atom is -0.489 e. The summed E-state index contributed by atoms with van der Waals surface area (Å²) in [5, 5.41) is 11.5. The van der Waals surface area contributed by atoms with Gasteiger partial charge in [0, 0.05) is 6.07 Å². The van der Waals surface area contributed by atoms with Gasteiger partial charge in [0.15, 0.2) is 0 Å². The van der Waals surface area contributed by atoms with Gasteiger partial charge in [0.2, 0.25) is 0 Å². The maximum Gasteiger partial charge on any atom is 0.127 e. The summed E-state index contributed by atoms with van der Waals surface area (Å²) in [6.45, 7) is 0. The van der Waals surface area contributed by atoms with E-state index in [1.807, 2.05) is 24.3 Å². The Labute approximate surface area is 89.9 Å². The molecule has 78 valence electrons. The molecule has 15 heavy (non-hydrogen) atoms. The summed E-state index contributed by atoms with van der Waals surface area (Å²) in [7, 11) is 0. The smallest absolute Gasteiger partial charge is 0.127 e. The van der Waals surface area contributed by atoms with Crippen LogP contribution in [0.15, 0.2) is 24.3 Å². The molecular formula is C13H14O2. The molecule has 0 amide bonds. The zero-order valence-electron chi connectivity index (χ0n) is 8.56. The fourth-order valence-corrected chi connectivity index (χ4v) is 2.93. The molecule has 0 N–H and O–H groups in total. The molecule has 0 saturated heterocycles. The molecule has 0 aliphatic heterocycles. The third-order valence-electron chi connectivity index (χ3n) is 3.69. The lowest BCUT2D eigenvalue weighted by Crippen LogP contribution is -2.28. The molecule has 2 nitrogen and oxygen atoms in total. The van der Waals surface area contributed by atoms with Crippen molar-refractivity contribution in [1.29, 1.82) is 0 Å². The second-order valence-corrected chi connectivity index (χ2v) is 4.65. The predicted molar refractivity (Wildman–Crippen MR) is 55.0 cm³/mol.